The molecule has 3 aromatic heterocycles. The molecular weight excluding hydrogens is 496 g/mol. The Bertz CT molecular complexity index is 1450. The fraction of sp³-hybridized carbons (Fsp3) is 0.345. The highest BCUT2D eigenvalue weighted by molar-refractivity contribution is 5.96. The predicted molar refractivity (Wildman–Crippen MR) is 150 cm³/mol. The van der Waals surface area contributed by atoms with E-state index in [1.165, 1.54) is 6.08 Å². The van der Waals surface area contributed by atoms with Crippen molar-refractivity contribution >= 4 is 23.0 Å². The van der Waals surface area contributed by atoms with Crippen molar-refractivity contribution in [3.05, 3.63) is 66.3 Å². The average molecular weight is 531 g/mol. The quantitative estimate of drug-likeness (QED) is 0.301. The largest absolute Gasteiger partial charge is 0.493 e. The van der Waals surface area contributed by atoms with Gasteiger partial charge in [0.15, 0.2) is 11.5 Å². The fourth-order valence-electron chi connectivity index (χ4n) is 4.66. The minimum absolute atomic E-state index is 0.197. The van der Waals surface area contributed by atoms with Crippen molar-refractivity contribution in [3.8, 4) is 22.6 Å². The highest BCUT2D eigenvalue weighted by Crippen LogP contribution is 2.30. The zero-order valence-electron chi connectivity index (χ0n) is 22.5. The van der Waals surface area contributed by atoms with E-state index < -0.39 is 0 Å². The van der Waals surface area contributed by atoms with Crippen LogP contribution in [0.1, 0.15) is 24.1 Å². The lowest BCUT2D eigenvalue weighted by Crippen LogP contribution is -2.38. The number of ether oxygens (including phenoxy) is 3. The third kappa shape index (κ3) is 6.30. The van der Waals surface area contributed by atoms with Crippen LogP contribution in [-0.4, -0.2) is 77.6 Å². The summed E-state index contributed by atoms with van der Waals surface area (Å²) in [4.78, 5) is 22.9. The SMILES string of the molecule is COc1ccc([C@@H](C)NC(=O)/C=C/c2c[nH]c3ncc(-c4cnn(CCN5CCOCC5)c4)cc23)cc1OC. The summed E-state index contributed by atoms with van der Waals surface area (Å²) in [5, 5.41) is 8.48. The summed E-state index contributed by atoms with van der Waals surface area (Å²) in [6.07, 6.45) is 11.0. The van der Waals surface area contributed by atoms with Crippen LogP contribution in [0, 0.1) is 0 Å². The van der Waals surface area contributed by atoms with Gasteiger partial charge in [-0.3, -0.25) is 14.4 Å². The van der Waals surface area contributed by atoms with Crippen LogP contribution in [-0.2, 0) is 16.1 Å². The summed E-state index contributed by atoms with van der Waals surface area (Å²) in [6.45, 7) is 7.21. The molecule has 1 fully saturated rings. The number of hydrogen-bond donors (Lipinski definition) is 2. The summed E-state index contributed by atoms with van der Waals surface area (Å²) < 4.78 is 18.1. The Morgan fingerprint density at radius 3 is 2.74 bits per heavy atom. The number of pyridine rings is 1. The van der Waals surface area contributed by atoms with Gasteiger partial charge in [-0.25, -0.2) is 4.98 Å². The number of carbonyl (C=O) groups excluding carboxylic acids is 1. The Morgan fingerprint density at radius 2 is 1.95 bits per heavy atom. The third-order valence-electron chi connectivity index (χ3n) is 6.96. The lowest BCUT2D eigenvalue weighted by atomic mass is 10.1. The Labute approximate surface area is 227 Å². The van der Waals surface area contributed by atoms with Crippen LogP contribution in [0.2, 0.25) is 0 Å². The van der Waals surface area contributed by atoms with Gasteiger partial charge in [0, 0.05) is 66.4 Å². The second kappa shape index (κ2) is 12.1. The molecule has 0 saturated carbocycles. The number of nitrogens with zero attached hydrogens (tertiary/aromatic N) is 4. The summed E-state index contributed by atoms with van der Waals surface area (Å²) in [5.74, 6) is 1.07. The molecule has 1 amide bonds. The van der Waals surface area contributed by atoms with Crippen LogP contribution in [0.5, 0.6) is 11.5 Å². The maximum absolute atomic E-state index is 12.7. The molecule has 10 nitrogen and oxygen atoms in total. The van der Waals surface area contributed by atoms with E-state index in [1.807, 2.05) is 48.4 Å². The van der Waals surface area contributed by atoms with Crippen molar-refractivity contribution in [2.24, 2.45) is 0 Å². The Balaban J connectivity index is 1.24. The minimum atomic E-state index is -0.210. The molecule has 4 heterocycles. The van der Waals surface area contributed by atoms with Crippen molar-refractivity contribution in [3.63, 3.8) is 0 Å². The maximum Gasteiger partial charge on any atom is 0.244 e. The molecule has 1 saturated heterocycles. The second-order valence-electron chi connectivity index (χ2n) is 9.49. The minimum Gasteiger partial charge on any atom is -0.493 e. The molecular formula is C29H34N6O4. The van der Waals surface area contributed by atoms with E-state index in [2.05, 4.69) is 37.5 Å². The van der Waals surface area contributed by atoms with E-state index in [4.69, 9.17) is 14.2 Å². The topological polar surface area (TPSA) is 107 Å². The first-order chi connectivity index (χ1) is 19.0. The van der Waals surface area contributed by atoms with E-state index in [0.717, 1.165) is 72.7 Å². The summed E-state index contributed by atoms with van der Waals surface area (Å²) in [7, 11) is 3.19. The number of hydrogen-bond acceptors (Lipinski definition) is 7. The van der Waals surface area contributed by atoms with Gasteiger partial charge in [-0.2, -0.15) is 5.10 Å². The molecule has 4 aromatic rings. The second-order valence-corrected chi connectivity index (χ2v) is 9.49. The van der Waals surface area contributed by atoms with Gasteiger partial charge in [-0.05, 0) is 36.8 Å². The Kier molecular flexibility index (Phi) is 8.24. The first-order valence-corrected chi connectivity index (χ1v) is 13.0. The predicted octanol–water partition coefficient (Wildman–Crippen LogP) is 3.67. The molecule has 10 heteroatoms. The summed E-state index contributed by atoms with van der Waals surface area (Å²) in [6, 6.07) is 7.47. The third-order valence-corrected chi connectivity index (χ3v) is 6.96. The fourth-order valence-corrected chi connectivity index (χ4v) is 4.66. The molecule has 2 N–H and O–H groups in total. The number of benzene rings is 1. The zero-order chi connectivity index (χ0) is 27.2. The van der Waals surface area contributed by atoms with Gasteiger partial charge >= 0.3 is 0 Å². The van der Waals surface area contributed by atoms with E-state index in [-0.39, 0.29) is 11.9 Å². The number of nitrogens with one attached hydrogen (secondary N) is 2. The number of rotatable bonds is 10. The van der Waals surface area contributed by atoms with Crippen molar-refractivity contribution in [1.29, 1.82) is 0 Å². The van der Waals surface area contributed by atoms with Gasteiger partial charge < -0.3 is 24.5 Å². The highest BCUT2D eigenvalue weighted by atomic mass is 16.5. The molecule has 1 aromatic carbocycles. The van der Waals surface area contributed by atoms with Crippen LogP contribution >= 0.6 is 0 Å². The van der Waals surface area contributed by atoms with Crippen LogP contribution in [0.15, 0.2) is 55.1 Å². The summed E-state index contributed by atoms with van der Waals surface area (Å²) in [5.41, 5.74) is 4.54. The molecule has 1 aliphatic heterocycles. The monoisotopic (exact) mass is 530 g/mol. The normalized spacial score (nSPS) is 15.1. The van der Waals surface area contributed by atoms with Crippen LogP contribution in [0.3, 0.4) is 0 Å². The smallest absolute Gasteiger partial charge is 0.244 e. The van der Waals surface area contributed by atoms with Crippen molar-refractivity contribution < 1.29 is 19.0 Å². The zero-order valence-corrected chi connectivity index (χ0v) is 22.5. The molecule has 0 unspecified atom stereocenters. The first-order valence-electron chi connectivity index (χ1n) is 13.0. The molecule has 204 valence electrons. The molecule has 1 aliphatic rings. The summed E-state index contributed by atoms with van der Waals surface area (Å²) >= 11 is 0. The maximum atomic E-state index is 12.7. The lowest BCUT2D eigenvalue weighted by molar-refractivity contribution is -0.117. The van der Waals surface area contributed by atoms with Gasteiger partial charge in [0.25, 0.3) is 0 Å². The van der Waals surface area contributed by atoms with E-state index in [1.54, 1.807) is 20.3 Å². The molecule has 1 atom stereocenters. The number of amides is 1. The number of aromatic amines is 1. The van der Waals surface area contributed by atoms with E-state index in [0.29, 0.717) is 11.5 Å². The van der Waals surface area contributed by atoms with Crippen LogP contribution in [0.4, 0.5) is 0 Å². The number of methoxy groups -OCH3 is 2. The standard InChI is InChI=1S/C29H34N6O4/c1-20(21-4-6-26(37-2)27(15-21)38-3)33-28(36)7-5-22-16-30-29-25(22)14-23(17-31-29)24-18-32-35(19-24)9-8-34-10-12-39-13-11-34/h4-7,14-20H,8-13H2,1-3H3,(H,30,31)(H,33,36)/b7-5+/t20-/m1/s1. The van der Waals surface area contributed by atoms with E-state index in [9.17, 15) is 4.79 Å². The number of carbonyl (C=O) groups is 1. The molecule has 0 aliphatic carbocycles. The van der Waals surface area contributed by atoms with Gasteiger partial charge in [-0.15, -0.1) is 0 Å². The van der Waals surface area contributed by atoms with Gasteiger partial charge in [0.2, 0.25) is 5.91 Å². The molecule has 39 heavy (non-hydrogen) atoms. The number of morpholine rings is 1. The molecule has 0 bridgehead atoms. The van der Waals surface area contributed by atoms with E-state index >= 15 is 0 Å². The van der Waals surface area contributed by atoms with Gasteiger partial charge in [0.05, 0.1) is 46.2 Å². The van der Waals surface area contributed by atoms with Gasteiger partial charge in [-0.1, -0.05) is 6.07 Å². The van der Waals surface area contributed by atoms with Crippen molar-refractivity contribution in [2.45, 2.75) is 19.5 Å². The number of H-pyrrole nitrogens is 1. The Hall–Kier alpha value is -4.15. The van der Waals surface area contributed by atoms with Gasteiger partial charge in [0.1, 0.15) is 5.65 Å². The lowest BCUT2D eigenvalue weighted by Gasteiger charge is -2.26. The molecule has 5 rings (SSSR count). The highest BCUT2D eigenvalue weighted by Gasteiger charge is 2.13. The number of aromatic nitrogens is 4. The van der Waals surface area contributed by atoms with Crippen molar-refractivity contribution in [1.82, 2.24) is 30.0 Å². The molecule has 0 radical (unpaired) electrons. The number of fused-ring (bicyclic) bond motifs is 1. The average Bonchev–Trinajstić information content (AvgIpc) is 3.62. The van der Waals surface area contributed by atoms with Crippen LogP contribution < -0.4 is 14.8 Å². The first kappa shape index (κ1) is 26.5. The Morgan fingerprint density at radius 1 is 1.13 bits per heavy atom. The molecule has 0 spiro atoms. The van der Waals surface area contributed by atoms with Crippen LogP contribution in [0.25, 0.3) is 28.2 Å². The van der Waals surface area contributed by atoms with Crippen molar-refractivity contribution in [2.75, 3.05) is 47.1 Å².